The lowest BCUT2D eigenvalue weighted by molar-refractivity contribution is -0.138. The number of carbonyl (C=O) groups is 2. The number of hydrogen-bond acceptors (Lipinski definition) is 2. The van der Waals surface area contributed by atoms with Gasteiger partial charge >= 0.3 is 5.97 Å². The Kier molecular flexibility index (Phi) is 6.77. The summed E-state index contributed by atoms with van der Waals surface area (Å²) in [5, 5.41) is 8.77. The van der Waals surface area contributed by atoms with Crippen molar-refractivity contribution in [1.29, 1.82) is 0 Å². The van der Waals surface area contributed by atoms with Gasteiger partial charge in [0.1, 0.15) is 0 Å². The number of hydrogen-bond donors (Lipinski definition) is 1. The summed E-state index contributed by atoms with van der Waals surface area (Å²) in [6.45, 7) is 4.84. The van der Waals surface area contributed by atoms with Crippen molar-refractivity contribution in [3.8, 4) is 0 Å². The summed E-state index contributed by atoms with van der Waals surface area (Å²) >= 11 is 0. The highest BCUT2D eigenvalue weighted by atomic mass is 16.4. The summed E-state index contributed by atoms with van der Waals surface area (Å²) in [6, 6.07) is 9.92. The topological polar surface area (TPSA) is 57.6 Å². The molecule has 0 unspecified atom stereocenters. The Balaban J connectivity index is 2.57. The second-order valence-corrected chi connectivity index (χ2v) is 5.36. The Morgan fingerprint density at radius 2 is 1.80 bits per heavy atom. The van der Waals surface area contributed by atoms with Crippen LogP contribution in [0.25, 0.3) is 0 Å². The molecule has 1 N–H and O–H groups in total. The highest BCUT2D eigenvalue weighted by molar-refractivity contribution is 5.77. The van der Waals surface area contributed by atoms with E-state index < -0.39 is 5.97 Å². The van der Waals surface area contributed by atoms with Crippen LogP contribution in [0.15, 0.2) is 30.3 Å². The molecule has 0 atom stereocenters. The molecular formula is C16H23NO3. The fourth-order valence-electron chi connectivity index (χ4n) is 1.98. The Morgan fingerprint density at radius 1 is 1.15 bits per heavy atom. The zero-order chi connectivity index (χ0) is 15.0. The SMILES string of the molecule is CC(C)CC(=O)N(CCC(=O)O)CCc1ccccc1. The predicted octanol–water partition coefficient (Wildman–Crippen LogP) is 2.58. The molecule has 0 radical (unpaired) electrons. The van der Waals surface area contributed by atoms with E-state index >= 15 is 0 Å². The van der Waals surface area contributed by atoms with Gasteiger partial charge in [0.2, 0.25) is 5.91 Å². The summed E-state index contributed by atoms with van der Waals surface area (Å²) in [5.41, 5.74) is 1.16. The van der Waals surface area contributed by atoms with E-state index in [2.05, 4.69) is 0 Å². The molecule has 0 aliphatic heterocycles. The maximum atomic E-state index is 12.1. The lowest BCUT2D eigenvalue weighted by Gasteiger charge is -2.23. The minimum atomic E-state index is -0.868. The Hall–Kier alpha value is -1.84. The molecule has 1 aromatic carbocycles. The van der Waals surface area contributed by atoms with Gasteiger partial charge in [-0.3, -0.25) is 9.59 Å². The van der Waals surface area contributed by atoms with Crippen molar-refractivity contribution in [2.24, 2.45) is 5.92 Å². The van der Waals surface area contributed by atoms with Gasteiger partial charge in [0.15, 0.2) is 0 Å². The third-order valence-electron chi connectivity index (χ3n) is 3.04. The number of nitrogens with zero attached hydrogens (tertiary/aromatic N) is 1. The van der Waals surface area contributed by atoms with Crippen LogP contribution in [-0.4, -0.2) is 35.0 Å². The quantitative estimate of drug-likeness (QED) is 0.794. The van der Waals surface area contributed by atoms with Crippen molar-refractivity contribution < 1.29 is 14.7 Å². The number of rotatable bonds is 8. The smallest absolute Gasteiger partial charge is 0.305 e. The van der Waals surface area contributed by atoms with Gasteiger partial charge in [-0.15, -0.1) is 0 Å². The lowest BCUT2D eigenvalue weighted by atomic mass is 10.1. The van der Waals surface area contributed by atoms with E-state index in [-0.39, 0.29) is 24.8 Å². The lowest BCUT2D eigenvalue weighted by Crippen LogP contribution is -2.35. The molecule has 0 saturated carbocycles. The van der Waals surface area contributed by atoms with Crippen molar-refractivity contribution in [2.45, 2.75) is 33.1 Å². The number of carboxylic acids is 1. The van der Waals surface area contributed by atoms with Crippen LogP contribution < -0.4 is 0 Å². The molecule has 0 heterocycles. The third-order valence-corrected chi connectivity index (χ3v) is 3.04. The van der Waals surface area contributed by atoms with E-state index in [9.17, 15) is 9.59 Å². The predicted molar refractivity (Wildman–Crippen MR) is 78.4 cm³/mol. The van der Waals surface area contributed by atoms with Crippen LogP contribution in [0.2, 0.25) is 0 Å². The minimum absolute atomic E-state index is 0.00136. The van der Waals surface area contributed by atoms with Crippen LogP contribution in [0.3, 0.4) is 0 Å². The summed E-state index contributed by atoms with van der Waals surface area (Å²) in [4.78, 5) is 24.5. The number of amides is 1. The maximum Gasteiger partial charge on any atom is 0.305 e. The summed E-state index contributed by atoms with van der Waals surface area (Å²) in [7, 11) is 0. The normalized spacial score (nSPS) is 10.6. The summed E-state index contributed by atoms with van der Waals surface area (Å²) in [6.07, 6.45) is 1.22. The second-order valence-electron chi connectivity index (χ2n) is 5.36. The summed E-state index contributed by atoms with van der Waals surface area (Å²) < 4.78 is 0. The van der Waals surface area contributed by atoms with Crippen LogP contribution in [0.1, 0.15) is 32.3 Å². The first-order valence-corrected chi connectivity index (χ1v) is 7.02. The van der Waals surface area contributed by atoms with Gasteiger partial charge in [0.25, 0.3) is 0 Å². The molecule has 0 aliphatic carbocycles. The molecule has 1 rings (SSSR count). The highest BCUT2D eigenvalue weighted by Crippen LogP contribution is 2.07. The van der Waals surface area contributed by atoms with E-state index in [0.717, 1.165) is 12.0 Å². The molecule has 0 bridgehead atoms. The van der Waals surface area contributed by atoms with Gasteiger partial charge in [-0.2, -0.15) is 0 Å². The zero-order valence-corrected chi connectivity index (χ0v) is 12.2. The molecule has 0 saturated heterocycles. The maximum absolute atomic E-state index is 12.1. The van der Waals surface area contributed by atoms with Crippen LogP contribution in [0.4, 0.5) is 0 Å². The molecule has 0 aliphatic rings. The van der Waals surface area contributed by atoms with Gasteiger partial charge in [0.05, 0.1) is 6.42 Å². The monoisotopic (exact) mass is 277 g/mol. The van der Waals surface area contributed by atoms with E-state index in [1.54, 1.807) is 4.90 Å². The van der Waals surface area contributed by atoms with Gasteiger partial charge in [0, 0.05) is 19.5 Å². The van der Waals surface area contributed by atoms with E-state index in [4.69, 9.17) is 5.11 Å². The van der Waals surface area contributed by atoms with Gasteiger partial charge in [-0.1, -0.05) is 44.2 Å². The number of carbonyl (C=O) groups excluding carboxylic acids is 1. The van der Waals surface area contributed by atoms with E-state index in [0.29, 0.717) is 13.0 Å². The third kappa shape index (κ3) is 6.36. The van der Waals surface area contributed by atoms with E-state index in [1.807, 2.05) is 44.2 Å². The molecule has 4 heteroatoms. The Bertz CT molecular complexity index is 429. The highest BCUT2D eigenvalue weighted by Gasteiger charge is 2.15. The molecule has 0 aromatic heterocycles. The van der Waals surface area contributed by atoms with Crippen molar-refractivity contribution >= 4 is 11.9 Å². The molecule has 1 amide bonds. The molecule has 20 heavy (non-hydrogen) atoms. The van der Waals surface area contributed by atoms with Crippen LogP contribution in [0, 0.1) is 5.92 Å². The fourth-order valence-corrected chi connectivity index (χ4v) is 1.98. The minimum Gasteiger partial charge on any atom is -0.481 e. The van der Waals surface area contributed by atoms with Crippen molar-refractivity contribution in [3.05, 3.63) is 35.9 Å². The van der Waals surface area contributed by atoms with Gasteiger partial charge in [-0.25, -0.2) is 0 Å². The van der Waals surface area contributed by atoms with Crippen LogP contribution >= 0.6 is 0 Å². The Labute approximate surface area is 120 Å². The van der Waals surface area contributed by atoms with Gasteiger partial charge in [-0.05, 0) is 17.9 Å². The zero-order valence-electron chi connectivity index (χ0n) is 12.2. The average molecular weight is 277 g/mol. The number of aliphatic carboxylic acids is 1. The van der Waals surface area contributed by atoms with Crippen molar-refractivity contribution in [2.75, 3.05) is 13.1 Å². The standard InChI is InChI=1S/C16H23NO3/c1-13(2)12-15(18)17(11-9-16(19)20)10-8-14-6-4-3-5-7-14/h3-7,13H,8-12H2,1-2H3,(H,19,20). The molecule has 1 aromatic rings. The Morgan fingerprint density at radius 3 is 2.35 bits per heavy atom. The average Bonchev–Trinajstić information content (AvgIpc) is 2.38. The second kappa shape index (κ2) is 8.35. The number of carboxylic acid groups (broad SMARTS) is 1. The van der Waals surface area contributed by atoms with Crippen molar-refractivity contribution in [3.63, 3.8) is 0 Å². The van der Waals surface area contributed by atoms with Gasteiger partial charge < -0.3 is 10.0 Å². The van der Waals surface area contributed by atoms with Crippen molar-refractivity contribution in [1.82, 2.24) is 4.90 Å². The molecule has 4 nitrogen and oxygen atoms in total. The summed E-state index contributed by atoms with van der Waals surface area (Å²) in [5.74, 6) is -0.546. The first-order valence-electron chi connectivity index (χ1n) is 7.02. The number of benzene rings is 1. The van der Waals surface area contributed by atoms with E-state index in [1.165, 1.54) is 0 Å². The van der Waals surface area contributed by atoms with Crippen LogP contribution in [-0.2, 0) is 16.0 Å². The first-order chi connectivity index (χ1) is 9.49. The molecule has 0 spiro atoms. The largest absolute Gasteiger partial charge is 0.481 e. The molecule has 0 fully saturated rings. The molecular weight excluding hydrogens is 254 g/mol. The molecule has 110 valence electrons. The fraction of sp³-hybridized carbons (Fsp3) is 0.500. The van der Waals surface area contributed by atoms with Crippen LogP contribution in [0.5, 0.6) is 0 Å². The first kappa shape index (κ1) is 16.2.